The summed E-state index contributed by atoms with van der Waals surface area (Å²) >= 11 is 1.41. The Hall–Kier alpha value is -3.26. The molecule has 1 fully saturated rings. The molecule has 1 aromatic heterocycles. The predicted molar refractivity (Wildman–Crippen MR) is 146 cm³/mol. The number of halogens is 1. The van der Waals surface area contributed by atoms with E-state index >= 15 is 0 Å². The Bertz CT molecular complexity index is 1280. The van der Waals surface area contributed by atoms with Crippen LogP contribution in [0, 0.1) is 11.7 Å². The van der Waals surface area contributed by atoms with Gasteiger partial charge < -0.3 is 14.5 Å². The molecule has 0 saturated heterocycles. The van der Waals surface area contributed by atoms with E-state index < -0.39 is 0 Å². The number of carbonyl (C=O) groups excluding carboxylic acids is 2. The molecule has 0 bridgehead atoms. The number of aromatic nitrogens is 1. The molecule has 0 spiro atoms. The molecule has 2 heterocycles. The molecular formula is C30H34FN3O3S. The zero-order chi connectivity index (χ0) is 26.6. The lowest BCUT2D eigenvalue weighted by Gasteiger charge is -2.39. The molecule has 2 aliphatic rings. The maximum atomic E-state index is 13.8. The first-order valence-electron chi connectivity index (χ1n) is 13.5. The Kier molecular flexibility index (Phi) is 8.07. The predicted octanol–water partition coefficient (Wildman–Crippen LogP) is 6.01. The smallest absolute Gasteiger partial charge is 0.273 e. The van der Waals surface area contributed by atoms with Crippen molar-refractivity contribution in [3.05, 3.63) is 81.1 Å². The van der Waals surface area contributed by atoms with Gasteiger partial charge in [0.1, 0.15) is 28.9 Å². The van der Waals surface area contributed by atoms with E-state index in [9.17, 15) is 14.0 Å². The van der Waals surface area contributed by atoms with E-state index in [1.54, 1.807) is 22.4 Å². The fourth-order valence-corrected chi connectivity index (χ4v) is 6.30. The summed E-state index contributed by atoms with van der Waals surface area (Å²) in [7, 11) is 0. The number of amides is 2. The topological polar surface area (TPSA) is 62.7 Å². The van der Waals surface area contributed by atoms with E-state index in [1.807, 2.05) is 30.9 Å². The second kappa shape index (κ2) is 11.6. The van der Waals surface area contributed by atoms with E-state index in [4.69, 9.17) is 4.74 Å². The highest BCUT2D eigenvalue weighted by molar-refractivity contribution is 7.09. The highest BCUT2D eigenvalue weighted by atomic mass is 32.1. The van der Waals surface area contributed by atoms with Gasteiger partial charge >= 0.3 is 0 Å². The Morgan fingerprint density at radius 3 is 2.55 bits per heavy atom. The molecule has 200 valence electrons. The molecule has 0 unspecified atom stereocenters. The molecule has 0 radical (unpaired) electrons. The van der Waals surface area contributed by atoms with Crippen LogP contribution < -0.4 is 4.74 Å². The average Bonchev–Trinajstić information content (AvgIpc) is 3.65. The standard InChI is InChI=1S/C30H34FN3O3S/c1-3-33(4-2)30(36)26-19-38-27(32-26)18-37-24-14-11-20-15-16-34(29(35)22-7-5-6-8-22)28(25(20)17-24)21-9-12-23(31)13-10-21/h9-14,17,19,22,28H,3-8,15-16,18H2,1-2H3/t28-/m0/s1. The van der Waals surface area contributed by atoms with Gasteiger partial charge in [-0.3, -0.25) is 9.59 Å². The van der Waals surface area contributed by atoms with Crippen LogP contribution in [0.5, 0.6) is 5.75 Å². The van der Waals surface area contributed by atoms with Crippen molar-refractivity contribution in [3.63, 3.8) is 0 Å². The molecule has 5 rings (SSSR count). The third kappa shape index (κ3) is 5.46. The van der Waals surface area contributed by atoms with Crippen LogP contribution in [-0.4, -0.2) is 46.2 Å². The fourth-order valence-electron chi connectivity index (χ4n) is 5.63. The first kappa shape index (κ1) is 26.4. The quantitative estimate of drug-likeness (QED) is 0.355. The van der Waals surface area contributed by atoms with Crippen LogP contribution in [0.3, 0.4) is 0 Å². The fraction of sp³-hybridized carbons (Fsp3) is 0.433. The van der Waals surface area contributed by atoms with E-state index in [0.717, 1.165) is 48.2 Å². The summed E-state index contributed by atoms with van der Waals surface area (Å²) in [6.07, 6.45) is 4.84. The normalized spacial score (nSPS) is 17.3. The molecule has 1 aliphatic heterocycles. The van der Waals surface area contributed by atoms with Gasteiger partial charge in [-0.15, -0.1) is 11.3 Å². The average molecular weight is 536 g/mol. The highest BCUT2D eigenvalue weighted by Gasteiger charge is 2.36. The van der Waals surface area contributed by atoms with Crippen molar-refractivity contribution in [1.29, 1.82) is 0 Å². The van der Waals surface area contributed by atoms with Crippen molar-refractivity contribution >= 4 is 23.2 Å². The van der Waals surface area contributed by atoms with Gasteiger partial charge in [-0.1, -0.05) is 31.0 Å². The minimum atomic E-state index is -0.294. The number of benzene rings is 2. The summed E-state index contributed by atoms with van der Waals surface area (Å²) in [5, 5.41) is 2.51. The van der Waals surface area contributed by atoms with E-state index in [1.165, 1.54) is 29.0 Å². The lowest BCUT2D eigenvalue weighted by molar-refractivity contribution is -0.137. The van der Waals surface area contributed by atoms with Crippen LogP contribution in [0.25, 0.3) is 0 Å². The molecule has 1 atom stereocenters. The van der Waals surface area contributed by atoms with Crippen molar-refractivity contribution in [2.75, 3.05) is 19.6 Å². The number of fused-ring (bicyclic) bond motifs is 1. The Morgan fingerprint density at radius 2 is 1.84 bits per heavy atom. The van der Waals surface area contributed by atoms with Gasteiger partial charge in [0.05, 0.1) is 6.04 Å². The first-order chi connectivity index (χ1) is 18.5. The maximum absolute atomic E-state index is 13.8. The number of thiazole rings is 1. The summed E-state index contributed by atoms with van der Waals surface area (Å²) in [4.78, 5) is 34.4. The number of hydrogen-bond donors (Lipinski definition) is 0. The SMILES string of the molecule is CCN(CC)C(=O)c1csc(COc2ccc3c(c2)[C@H](c2ccc(F)cc2)N(C(=O)C2CCCC2)CC3)n1. The molecule has 3 aromatic rings. The summed E-state index contributed by atoms with van der Waals surface area (Å²) in [6.45, 7) is 6.09. The maximum Gasteiger partial charge on any atom is 0.273 e. The van der Waals surface area contributed by atoms with Crippen molar-refractivity contribution in [1.82, 2.24) is 14.8 Å². The van der Waals surface area contributed by atoms with Crippen LogP contribution in [-0.2, 0) is 17.8 Å². The molecule has 1 aliphatic carbocycles. The van der Waals surface area contributed by atoms with Gasteiger partial charge in [0.15, 0.2) is 0 Å². The molecular weight excluding hydrogens is 501 g/mol. The van der Waals surface area contributed by atoms with Gasteiger partial charge in [-0.2, -0.15) is 0 Å². The highest BCUT2D eigenvalue weighted by Crippen LogP contribution is 2.40. The lowest BCUT2D eigenvalue weighted by atomic mass is 9.87. The third-order valence-corrected chi connectivity index (χ3v) is 8.53. The van der Waals surface area contributed by atoms with Crippen molar-refractivity contribution in [3.8, 4) is 5.75 Å². The van der Waals surface area contributed by atoms with Crippen LogP contribution in [0.15, 0.2) is 47.8 Å². The zero-order valence-corrected chi connectivity index (χ0v) is 22.8. The molecule has 2 amide bonds. The minimum absolute atomic E-state index is 0.0667. The largest absolute Gasteiger partial charge is 0.486 e. The van der Waals surface area contributed by atoms with Gasteiger partial charge in [-0.25, -0.2) is 9.37 Å². The van der Waals surface area contributed by atoms with Crippen LogP contribution in [0.2, 0.25) is 0 Å². The minimum Gasteiger partial charge on any atom is -0.486 e. The summed E-state index contributed by atoms with van der Waals surface area (Å²) in [5.41, 5.74) is 3.53. The number of rotatable bonds is 8. The summed E-state index contributed by atoms with van der Waals surface area (Å²) in [6, 6.07) is 12.2. The van der Waals surface area contributed by atoms with Gasteiger partial charge in [0.25, 0.3) is 5.91 Å². The number of ether oxygens (including phenoxy) is 1. The first-order valence-corrected chi connectivity index (χ1v) is 14.4. The van der Waals surface area contributed by atoms with E-state index in [2.05, 4.69) is 11.1 Å². The van der Waals surface area contributed by atoms with Crippen molar-refractivity contribution in [2.45, 2.75) is 58.6 Å². The van der Waals surface area contributed by atoms with Crippen molar-refractivity contribution < 1.29 is 18.7 Å². The van der Waals surface area contributed by atoms with Crippen LogP contribution >= 0.6 is 11.3 Å². The molecule has 1 saturated carbocycles. The van der Waals surface area contributed by atoms with Gasteiger partial charge in [0, 0.05) is 30.9 Å². The number of carbonyl (C=O) groups is 2. The van der Waals surface area contributed by atoms with E-state index in [-0.39, 0.29) is 36.2 Å². The van der Waals surface area contributed by atoms with Gasteiger partial charge in [-0.05, 0) is 74.1 Å². The zero-order valence-electron chi connectivity index (χ0n) is 22.0. The summed E-state index contributed by atoms with van der Waals surface area (Å²) < 4.78 is 19.9. The van der Waals surface area contributed by atoms with Gasteiger partial charge in [0.2, 0.25) is 5.91 Å². The van der Waals surface area contributed by atoms with Crippen molar-refractivity contribution in [2.24, 2.45) is 5.92 Å². The lowest BCUT2D eigenvalue weighted by Crippen LogP contribution is -2.43. The Morgan fingerprint density at radius 1 is 1.11 bits per heavy atom. The van der Waals surface area contributed by atoms with E-state index in [0.29, 0.717) is 31.1 Å². The van der Waals surface area contributed by atoms with Crippen LogP contribution in [0.1, 0.15) is 77.8 Å². The second-order valence-electron chi connectivity index (χ2n) is 9.97. The van der Waals surface area contributed by atoms with Crippen LogP contribution in [0.4, 0.5) is 4.39 Å². The Labute approximate surface area is 227 Å². The number of hydrogen-bond acceptors (Lipinski definition) is 5. The molecule has 6 nitrogen and oxygen atoms in total. The summed E-state index contributed by atoms with van der Waals surface area (Å²) in [5.74, 6) is 0.579. The molecule has 38 heavy (non-hydrogen) atoms. The Balaban J connectivity index is 1.38. The second-order valence-corrected chi connectivity index (χ2v) is 10.9. The number of nitrogens with zero attached hydrogens (tertiary/aromatic N) is 3. The molecule has 8 heteroatoms. The monoisotopic (exact) mass is 535 g/mol. The molecule has 0 N–H and O–H groups in total. The third-order valence-electron chi connectivity index (χ3n) is 7.70. The molecule has 2 aromatic carbocycles.